The molecular formula is C13H18ClNO2S. The number of benzene rings is 1. The van der Waals surface area contributed by atoms with Crippen molar-refractivity contribution in [2.45, 2.75) is 25.0 Å². The molecule has 1 saturated carbocycles. The molecule has 100 valence electrons. The standard InChI is InChI=1S/C13H18ClNO2S/c14-9-8-13(6-7-13)11-15-18(16,17)10-12-4-2-1-3-5-12/h1-5,15H,6-11H2. The van der Waals surface area contributed by atoms with Gasteiger partial charge in [0.1, 0.15) is 0 Å². The molecule has 3 nitrogen and oxygen atoms in total. The summed E-state index contributed by atoms with van der Waals surface area (Å²) in [5, 5.41) is 0. The van der Waals surface area contributed by atoms with Crippen molar-refractivity contribution in [3.8, 4) is 0 Å². The van der Waals surface area contributed by atoms with Gasteiger partial charge in [-0.15, -0.1) is 11.6 Å². The summed E-state index contributed by atoms with van der Waals surface area (Å²) in [5.41, 5.74) is 0.943. The van der Waals surface area contributed by atoms with Crippen LogP contribution in [-0.2, 0) is 15.8 Å². The van der Waals surface area contributed by atoms with Gasteiger partial charge in [0.15, 0.2) is 0 Å². The van der Waals surface area contributed by atoms with Crippen LogP contribution in [0, 0.1) is 5.41 Å². The van der Waals surface area contributed by atoms with Gasteiger partial charge < -0.3 is 0 Å². The van der Waals surface area contributed by atoms with Crippen molar-refractivity contribution in [1.82, 2.24) is 4.72 Å². The summed E-state index contributed by atoms with van der Waals surface area (Å²) in [6.07, 6.45) is 3.05. The summed E-state index contributed by atoms with van der Waals surface area (Å²) in [7, 11) is -3.24. The van der Waals surface area contributed by atoms with Gasteiger partial charge in [-0.1, -0.05) is 30.3 Å². The molecule has 1 aliphatic rings. The van der Waals surface area contributed by atoms with E-state index in [-0.39, 0.29) is 11.2 Å². The van der Waals surface area contributed by atoms with Gasteiger partial charge in [-0.2, -0.15) is 0 Å². The molecule has 1 aliphatic carbocycles. The average molecular weight is 288 g/mol. The maximum Gasteiger partial charge on any atom is 0.215 e. The van der Waals surface area contributed by atoms with E-state index in [4.69, 9.17) is 11.6 Å². The van der Waals surface area contributed by atoms with Crippen LogP contribution in [0.15, 0.2) is 30.3 Å². The molecule has 0 spiro atoms. The van der Waals surface area contributed by atoms with E-state index < -0.39 is 10.0 Å². The van der Waals surface area contributed by atoms with Gasteiger partial charge in [0.2, 0.25) is 10.0 Å². The maximum absolute atomic E-state index is 11.9. The molecule has 0 bridgehead atoms. The molecule has 0 radical (unpaired) electrons. The lowest BCUT2D eigenvalue weighted by molar-refractivity contribution is 0.478. The first-order valence-corrected chi connectivity index (χ1v) is 8.31. The zero-order valence-electron chi connectivity index (χ0n) is 10.2. The quantitative estimate of drug-likeness (QED) is 0.783. The number of rotatable bonds is 7. The summed E-state index contributed by atoms with van der Waals surface area (Å²) in [4.78, 5) is 0. The Morgan fingerprint density at radius 1 is 1.22 bits per heavy atom. The van der Waals surface area contributed by atoms with Crippen LogP contribution < -0.4 is 4.72 Å². The Bertz CT molecular complexity index is 483. The van der Waals surface area contributed by atoms with E-state index in [1.165, 1.54) is 0 Å². The summed E-state index contributed by atoms with van der Waals surface area (Å²) < 4.78 is 26.6. The highest BCUT2D eigenvalue weighted by Crippen LogP contribution is 2.48. The van der Waals surface area contributed by atoms with Crippen molar-refractivity contribution in [2.75, 3.05) is 12.4 Å². The third-order valence-electron chi connectivity index (χ3n) is 3.45. The normalized spacial score (nSPS) is 17.6. The molecule has 0 amide bonds. The fourth-order valence-corrected chi connectivity index (χ4v) is 3.66. The molecular weight excluding hydrogens is 270 g/mol. The van der Waals surface area contributed by atoms with Gasteiger partial charge >= 0.3 is 0 Å². The molecule has 0 heterocycles. The van der Waals surface area contributed by atoms with Gasteiger partial charge in [0.25, 0.3) is 0 Å². The van der Waals surface area contributed by atoms with E-state index in [0.717, 1.165) is 24.8 Å². The highest BCUT2D eigenvalue weighted by molar-refractivity contribution is 7.88. The molecule has 18 heavy (non-hydrogen) atoms. The molecule has 0 unspecified atom stereocenters. The van der Waals surface area contributed by atoms with Gasteiger partial charge in [-0.3, -0.25) is 0 Å². The van der Waals surface area contributed by atoms with Gasteiger partial charge in [0.05, 0.1) is 5.75 Å². The highest BCUT2D eigenvalue weighted by Gasteiger charge is 2.42. The molecule has 0 atom stereocenters. The van der Waals surface area contributed by atoms with Crippen LogP contribution in [-0.4, -0.2) is 20.8 Å². The maximum atomic E-state index is 11.9. The van der Waals surface area contributed by atoms with Crippen molar-refractivity contribution < 1.29 is 8.42 Å². The molecule has 1 aromatic rings. The van der Waals surface area contributed by atoms with Crippen molar-refractivity contribution in [2.24, 2.45) is 5.41 Å². The molecule has 5 heteroatoms. The lowest BCUT2D eigenvalue weighted by Gasteiger charge is -2.14. The number of nitrogens with one attached hydrogen (secondary N) is 1. The van der Waals surface area contributed by atoms with E-state index in [0.29, 0.717) is 12.4 Å². The zero-order chi connectivity index (χ0) is 13.1. The van der Waals surface area contributed by atoms with E-state index in [1.807, 2.05) is 30.3 Å². The van der Waals surface area contributed by atoms with Crippen LogP contribution in [0.25, 0.3) is 0 Å². The van der Waals surface area contributed by atoms with Crippen LogP contribution in [0.5, 0.6) is 0 Å². The second-order valence-electron chi connectivity index (χ2n) is 5.00. The monoisotopic (exact) mass is 287 g/mol. The molecule has 1 N–H and O–H groups in total. The fourth-order valence-electron chi connectivity index (χ4n) is 2.00. The van der Waals surface area contributed by atoms with Gasteiger partial charge in [-0.05, 0) is 30.2 Å². The number of hydrogen-bond donors (Lipinski definition) is 1. The Morgan fingerprint density at radius 3 is 2.44 bits per heavy atom. The first kappa shape index (κ1) is 13.8. The van der Waals surface area contributed by atoms with E-state index in [2.05, 4.69) is 4.72 Å². The van der Waals surface area contributed by atoms with Crippen molar-refractivity contribution >= 4 is 21.6 Å². The Balaban J connectivity index is 1.88. The number of sulfonamides is 1. The Labute approximate surface area is 114 Å². The van der Waals surface area contributed by atoms with E-state index in [1.54, 1.807) is 0 Å². The van der Waals surface area contributed by atoms with Gasteiger partial charge in [0, 0.05) is 12.4 Å². The summed E-state index contributed by atoms with van der Waals surface area (Å²) in [6, 6.07) is 9.22. The summed E-state index contributed by atoms with van der Waals surface area (Å²) in [5.74, 6) is 0.644. The third kappa shape index (κ3) is 3.97. The van der Waals surface area contributed by atoms with Crippen LogP contribution in [0.4, 0.5) is 0 Å². The number of alkyl halides is 1. The second-order valence-corrected chi connectivity index (χ2v) is 7.19. The lowest BCUT2D eigenvalue weighted by Crippen LogP contribution is -2.31. The first-order chi connectivity index (χ1) is 8.55. The largest absolute Gasteiger partial charge is 0.215 e. The van der Waals surface area contributed by atoms with Crippen LogP contribution in [0.3, 0.4) is 0 Å². The summed E-state index contributed by atoms with van der Waals surface area (Å²) in [6.45, 7) is 0.523. The smallest absolute Gasteiger partial charge is 0.214 e. The predicted octanol–water partition coefficient (Wildman–Crippen LogP) is 2.52. The molecule has 1 fully saturated rings. The predicted molar refractivity (Wildman–Crippen MR) is 74.1 cm³/mol. The van der Waals surface area contributed by atoms with Crippen molar-refractivity contribution in [3.63, 3.8) is 0 Å². The fraction of sp³-hybridized carbons (Fsp3) is 0.538. The van der Waals surface area contributed by atoms with Crippen LogP contribution >= 0.6 is 11.6 Å². The van der Waals surface area contributed by atoms with Crippen LogP contribution in [0.2, 0.25) is 0 Å². The van der Waals surface area contributed by atoms with Crippen molar-refractivity contribution in [3.05, 3.63) is 35.9 Å². The third-order valence-corrected chi connectivity index (χ3v) is 4.94. The molecule has 0 aromatic heterocycles. The minimum atomic E-state index is -3.24. The molecule has 1 aromatic carbocycles. The lowest BCUT2D eigenvalue weighted by atomic mass is 10.1. The Kier molecular flexibility index (Phi) is 4.30. The Morgan fingerprint density at radius 2 is 1.89 bits per heavy atom. The highest BCUT2D eigenvalue weighted by atomic mass is 35.5. The minimum absolute atomic E-state index is 0.0464. The minimum Gasteiger partial charge on any atom is -0.214 e. The van der Waals surface area contributed by atoms with Gasteiger partial charge in [-0.25, -0.2) is 13.1 Å². The molecule has 0 saturated heterocycles. The molecule has 0 aliphatic heterocycles. The van der Waals surface area contributed by atoms with Crippen molar-refractivity contribution in [1.29, 1.82) is 0 Å². The second kappa shape index (κ2) is 5.59. The number of halogens is 1. The topological polar surface area (TPSA) is 46.2 Å². The Hall–Kier alpha value is -0.580. The average Bonchev–Trinajstić information content (AvgIpc) is 3.09. The molecule has 2 rings (SSSR count). The summed E-state index contributed by atoms with van der Waals surface area (Å²) >= 11 is 5.73. The van der Waals surface area contributed by atoms with E-state index >= 15 is 0 Å². The zero-order valence-corrected chi connectivity index (χ0v) is 11.8. The number of hydrogen-bond acceptors (Lipinski definition) is 2. The first-order valence-electron chi connectivity index (χ1n) is 6.13. The van der Waals surface area contributed by atoms with E-state index in [9.17, 15) is 8.42 Å². The SMILES string of the molecule is O=S(=O)(Cc1ccccc1)NCC1(CCCl)CC1. The van der Waals surface area contributed by atoms with Crippen LogP contribution in [0.1, 0.15) is 24.8 Å².